The molecule has 3 rings (SSSR count). The molecule has 0 saturated heterocycles. The summed E-state index contributed by atoms with van der Waals surface area (Å²) in [5, 5.41) is 1.88. The average molecular weight is 374 g/mol. The molecule has 0 aliphatic heterocycles. The Morgan fingerprint density at radius 2 is 2.19 bits per heavy atom. The van der Waals surface area contributed by atoms with Crippen LogP contribution in [0, 0.1) is 11.6 Å². The van der Waals surface area contributed by atoms with Gasteiger partial charge >= 0.3 is 0 Å². The van der Waals surface area contributed by atoms with E-state index in [0.29, 0.717) is 22.4 Å². The van der Waals surface area contributed by atoms with E-state index < -0.39 is 11.6 Å². The molecule has 110 valence electrons. The molecule has 0 aliphatic carbocycles. The second-order valence-corrected chi connectivity index (χ2v) is 6.05. The number of thiazole rings is 1. The van der Waals surface area contributed by atoms with Crippen molar-refractivity contribution >= 4 is 32.2 Å². The van der Waals surface area contributed by atoms with Crippen molar-refractivity contribution in [3.05, 3.63) is 45.5 Å². The van der Waals surface area contributed by atoms with Gasteiger partial charge in [-0.15, -0.1) is 11.3 Å². The van der Waals surface area contributed by atoms with Gasteiger partial charge in [0.2, 0.25) is 11.7 Å². The molecule has 0 aliphatic rings. The summed E-state index contributed by atoms with van der Waals surface area (Å²) in [6.07, 6.45) is 2.36. The largest absolute Gasteiger partial charge is 0.434 e. The highest BCUT2D eigenvalue weighted by atomic mass is 79.9. The van der Waals surface area contributed by atoms with Crippen molar-refractivity contribution in [2.45, 2.75) is 6.42 Å². The van der Waals surface area contributed by atoms with Crippen molar-refractivity contribution in [1.29, 1.82) is 0 Å². The molecular formula is C13H10BrF2N3OS. The SMILES string of the molecule is NCCc1c(Oc2cc(Br)cc(F)c2F)nc2sccn12. The first-order chi connectivity index (χ1) is 10.1. The highest BCUT2D eigenvalue weighted by Gasteiger charge is 2.18. The van der Waals surface area contributed by atoms with Crippen molar-refractivity contribution in [2.24, 2.45) is 5.73 Å². The molecule has 0 atom stereocenters. The van der Waals surface area contributed by atoms with Gasteiger partial charge in [0.15, 0.2) is 16.5 Å². The Kier molecular flexibility index (Phi) is 3.92. The smallest absolute Gasteiger partial charge is 0.242 e. The monoisotopic (exact) mass is 373 g/mol. The van der Waals surface area contributed by atoms with Crippen LogP contribution in [0.3, 0.4) is 0 Å². The summed E-state index contributed by atoms with van der Waals surface area (Å²) in [5.41, 5.74) is 6.32. The molecule has 0 spiro atoms. The van der Waals surface area contributed by atoms with Gasteiger partial charge in [-0.3, -0.25) is 4.40 Å². The predicted octanol–water partition coefficient (Wildman–Crippen LogP) is 3.73. The minimum Gasteiger partial charge on any atom is -0.434 e. The fourth-order valence-corrected chi connectivity index (χ4v) is 3.10. The molecule has 0 fully saturated rings. The summed E-state index contributed by atoms with van der Waals surface area (Å²) < 4.78 is 34.9. The molecule has 8 heteroatoms. The highest BCUT2D eigenvalue weighted by Crippen LogP contribution is 2.32. The molecule has 2 N–H and O–H groups in total. The summed E-state index contributed by atoms with van der Waals surface area (Å²) in [4.78, 5) is 5.00. The molecule has 0 radical (unpaired) electrons. The van der Waals surface area contributed by atoms with Gasteiger partial charge in [-0.1, -0.05) is 15.9 Å². The Hall–Kier alpha value is -1.51. The van der Waals surface area contributed by atoms with Crippen LogP contribution in [-0.4, -0.2) is 15.9 Å². The number of imidazole rings is 1. The van der Waals surface area contributed by atoms with E-state index in [1.54, 1.807) is 0 Å². The van der Waals surface area contributed by atoms with Crippen LogP contribution in [0.4, 0.5) is 8.78 Å². The van der Waals surface area contributed by atoms with E-state index >= 15 is 0 Å². The standard InChI is InChI=1S/C13H10BrF2N3OS/c14-7-5-8(15)11(16)10(6-7)20-12-9(1-2-17)19-3-4-21-13(19)18-12/h3-6H,1-2,17H2. The van der Waals surface area contributed by atoms with Crippen LogP contribution in [0.15, 0.2) is 28.2 Å². The molecule has 0 saturated carbocycles. The Balaban J connectivity index is 2.05. The molecule has 2 heterocycles. The van der Waals surface area contributed by atoms with Gasteiger partial charge in [-0.05, 0) is 18.7 Å². The van der Waals surface area contributed by atoms with Crippen LogP contribution >= 0.6 is 27.3 Å². The quantitative estimate of drug-likeness (QED) is 0.708. The van der Waals surface area contributed by atoms with Crippen LogP contribution in [0.25, 0.3) is 4.96 Å². The Labute approximate surface area is 131 Å². The van der Waals surface area contributed by atoms with Crippen molar-refractivity contribution in [3.63, 3.8) is 0 Å². The number of ether oxygens (including phenoxy) is 1. The molecule has 0 unspecified atom stereocenters. The molecule has 2 aromatic heterocycles. The van der Waals surface area contributed by atoms with Gasteiger partial charge in [0.25, 0.3) is 0 Å². The first-order valence-corrected chi connectivity index (χ1v) is 7.74. The Morgan fingerprint density at radius 3 is 2.95 bits per heavy atom. The molecule has 4 nitrogen and oxygen atoms in total. The molecule has 21 heavy (non-hydrogen) atoms. The van der Waals surface area contributed by atoms with Crippen molar-refractivity contribution in [3.8, 4) is 11.6 Å². The summed E-state index contributed by atoms with van der Waals surface area (Å²) in [6, 6.07) is 2.40. The van der Waals surface area contributed by atoms with E-state index in [1.807, 2.05) is 16.0 Å². The maximum atomic E-state index is 13.8. The van der Waals surface area contributed by atoms with Crippen LogP contribution < -0.4 is 10.5 Å². The number of aromatic nitrogens is 2. The summed E-state index contributed by atoms with van der Waals surface area (Å²) in [7, 11) is 0. The highest BCUT2D eigenvalue weighted by molar-refractivity contribution is 9.10. The van der Waals surface area contributed by atoms with Gasteiger partial charge in [0.1, 0.15) is 0 Å². The minimum absolute atomic E-state index is 0.217. The fourth-order valence-electron chi connectivity index (χ4n) is 1.97. The fraction of sp³-hybridized carbons (Fsp3) is 0.154. The minimum atomic E-state index is -1.05. The van der Waals surface area contributed by atoms with E-state index in [-0.39, 0.29) is 11.6 Å². The number of benzene rings is 1. The Bertz CT molecular complexity index is 802. The van der Waals surface area contributed by atoms with E-state index in [9.17, 15) is 8.78 Å². The molecule has 0 amide bonds. The van der Waals surface area contributed by atoms with Gasteiger partial charge in [0, 0.05) is 22.5 Å². The number of rotatable bonds is 4. The zero-order valence-electron chi connectivity index (χ0n) is 10.6. The second-order valence-electron chi connectivity index (χ2n) is 4.26. The predicted molar refractivity (Wildman–Crippen MR) is 80.0 cm³/mol. The van der Waals surface area contributed by atoms with Crippen LogP contribution in [0.5, 0.6) is 11.6 Å². The number of nitrogens with zero attached hydrogens (tertiary/aromatic N) is 2. The lowest BCUT2D eigenvalue weighted by molar-refractivity contribution is 0.403. The first kappa shape index (κ1) is 14.4. The van der Waals surface area contributed by atoms with Gasteiger partial charge < -0.3 is 10.5 Å². The summed E-state index contributed by atoms with van der Waals surface area (Å²) in [5.74, 6) is -2.01. The molecular weight excluding hydrogens is 364 g/mol. The zero-order valence-corrected chi connectivity index (χ0v) is 13.0. The van der Waals surface area contributed by atoms with Crippen LogP contribution in [0.2, 0.25) is 0 Å². The molecule has 1 aromatic carbocycles. The van der Waals surface area contributed by atoms with Gasteiger partial charge in [0.05, 0.1) is 5.69 Å². The molecule has 3 aromatic rings. The number of fused-ring (bicyclic) bond motifs is 1. The third-order valence-electron chi connectivity index (χ3n) is 2.87. The number of hydrogen-bond acceptors (Lipinski definition) is 4. The average Bonchev–Trinajstić information content (AvgIpc) is 2.99. The van der Waals surface area contributed by atoms with Crippen LogP contribution in [-0.2, 0) is 6.42 Å². The van der Waals surface area contributed by atoms with Gasteiger partial charge in [-0.25, -0.2) is 4.39 Å². The van der Waals surface area contributed by atoms with Crippen LogP contribution in [0.1, 0.15) is 5.69 Å². The summed E-state index contributed by atoms with van der Waals surface area (Å²) >= 11 is 4.53. The van der Waals surface area contributed by atoms with Crippen molar-refractivity contribution < 1.29 is 13.5 Å². The maximum Gasteiger partial charge on any atom is 0.242 e. The molecule has 0 bridgehead atoms. The number of hydrogen-bond donors (Lipinski definition) is 1. The van der Waals surface area contributed by atoms with E-state index in [4.69, 9.17) is 10.5 Å². The Morgan fingerprint density at radius 1 is 1.38 bits per heavy atom. The third-order valence-corrected chi connectivity index (χ3v) is 4.09. The third kappa shape index (κ3) is 2.66. The topological polar surface area (TPSA) is 52.5 Å². The van der Waals surface area contributed by atoms with Crippen molar-refractivity contribution in [1.82, 2.24) is 9.38 Å². The van der Waals surface area contributed by atoms with E-state index in [1.165, 1.54) is 17.4 Å². The first-order valence-electron chi connectivity index (χ1n) is 6.07. The lowest BCUT2D eigenvalue weighted by atomic mass is 10.3. The normalized spacial score (nSPS) is 11.2. The maximum absolute atomic E-state index is 13.8. The summed E-state index contributed by atoms with van der Waals surface area (Å²) in [6.45, 7) is 0.398. The number of halogens is 3. The lowest BCUT2D eigenvalue weighted by Gasteiger charge is -2.07. The lowest BCUT2D eigenvalue weighted by Crippen LogP contribution is -2.06. The van der Waals surface area contributed by atoms with Gasteiger partial charge in [-0.2, -0.15) is 9.37 Å². The zero-order chi connectivity index (χ0) is 15.0. The van der Waals surface area contributed by atoms with E-state index in [0.717, 1.165) is 11.8 Å². The second kappa shape index (κ2) is 5.70. The van der Waals surface area contributed by atoms with E-state index in [2.05, 4.69) is 20.9 Å². The number of nitrogens with two attached hydrogens (primary N) is 1. The van der Waals surface area contributed by atoms with Crippen molar-refractivity contribution in [2.75, 3.05) is 6.54 Å².